The summed E-state index contributed by atoms with van der Waals surface area (Å²) in [6, 6.07) is 5.94. The van der Waals surface area contributed by atoms with E-state index in [9.17, 15) is 0 Å². The second-order valence-electron chi connectivity index (χ2n) is 4.50. The van der Waals surface area contributed by atoms with Gasteiger partial charge in [-0.25, -0.2) is 0 Å². The fraction of sp³-hybridized carbons (Fsp3) is 0.455. The van der Waals surface area contributed by atoms with Crippen LogP contribution in [0.5, 0.6) is 0 Å². The monoisotopic (exact) mass is 220 g/mol. The maximum absolute atomic E-state index is 9.02. The SMILES string of the molecule is Cc1ccc(C(C#N)O[Si](C)(C)C)nc1. The Morgan fingerprint density at radius 1 is 1.40 bits per heavy atom. The van der Waals surface area contributed by atoms with Crippen molar-refractivity contribution in [1.82, 2.24) is 4.98 Å². The smallest absolute Gasteiger partial charge is 0.186 e. The Hall–Kier alpha value is -1.18. The fourth-order valence-corrected chi connectivity index (χ4v) is 2.02. The van der Waals surface area contributed by atoms with E-state index in [4.69, 9.17) is 9.69 Å². The van der Waals surface area contributed by atoms with Gasteiger partial charge < -0.3 is 4.43 Å². The van der Waals surface area contributed by atoms with Crippen LogP contribution in [0.3, 0.4) is 0 Å². The largest absolute Gasteiger partial charge is 0.398 e. The van der Waals surface area contributed by atoms with Crippen molar-refractivity contribution in [3.8, 4) is 6.07 Å². The normalized spacial score (nSPS) is 13.3. The van der Waals surface area contributed by atoms with Crippen molar-refractivity contribution in [2.45, 2.75) is 32.7 Å². The molecule has 80 valence electrons. The Morgan fingerprint density at radius 3 is 2.47 bits per heavy atom. The van der Waals surface area contributed by atoms with Gasteiger partial charge in [-0.2, -0.15) is 5.26 Å². The quantitative estimate of drug-likeness (QED) is 0.736. The van der Waals surface area contributed by atoms with Crippen molar-refractivity contribution in [3.63, 3.8) is 0 Å². The van der Waals surface area contributed by atoms with Gasteiger partial charge in [0.15, 0.2) is 14.4 Å². The molecular formula is C11H16N2OSi. The molecule has 1 atom stereocenters. The first-order valence-electron chi connectivity index (χ1n) is 4.92. The molecule has 1 aromatic heterocycles. The molecule has 1 aromatic rings. The fourth-order valence-electron chi connectivity index (χ4n) is 1.14. The van der Waals surface area contributed by atoms with Gasteiger partial charge in [0, 0.05) is 6.20 Å². The molecular weight excluding hydrogens is 204 g/mol. The van der Waals surface area contributed by atoms with Crippen molar-refractivity contribution in [3.05, 3.63) is 29.6 Å². The van der Waals surface area contributed by atoms with Gasteiger partial charge >= 0.3 is 0 Å². The molecule has 4 heteroatoms. The summed E-state index contributed by atoms with van der Waals surface area (Å²) < 4.78 is 5.73. The Labute approximate surface area is 91.9 Å². The van der Waals surface area contributed by atoms with Crippen LogP contribution in [0.4, 0.5) is 0 Å². The van der Waals surface area contributed by atoms with E-state index < -0.39 is 14.4 Å². The van der Waals surface area contributed by atoms with Crippen molar-refractivity contribution in [1.29, 1.82) is 5.26 Å². The number of aromatic nitrogens is 1. The maximum atomic E-state index is 9.02. The number of nitriles is 1. The van der Waals surface area contributed by atoms with E-state index in [0.717, 1.165) is 5.56 Å². The number of hydrogen-bond donors (Lipinski definition) is 0. The van der Waals surface area contributed by atoms with Crippen LogP contribution in [-0.4, -0.2) is 13.3 Å². The third kappa shape index (κ3) is 3.82. The van der Waals surface area contributed by atoms with Crippen LogP contribution < -0.4 is 0 Å². The average molecular weight is 220 g/mol. The van der Waals surface area contributed by atoms with Gasteiger partial charge in [-0.15, -0.1) is 0 Å². The molecule has 0 bridgehead atoms. The molecule has 0 fully saturated rings. The Balaban J connectivity index is 2.85. The minimum Gasteiger partial charge on any atom is -0.398 e. The first kappa shape index (κ1) is 11.9. The van der Waals surface area contributed by atoms with E-state index in [1.54, 1.807) is 6.20 Å². The zero-order chi connectivity index (χ0) is 11.5. The Bertz CT molecular complexity index is 362. The minimum atomic E-state index is -1.70. The van der Waals surface area contributed by atoms with E-state index in [1.165, 1.54) is 0 Å². The van der Waals surface area contributed by atoms with E-state index in [2.05, 4.69) is 30.7 Å². The Kier molecular flexibility index (Phi) is 3.61. The molecule has 0 aliphatic rings. The summed E-state index contributed by atoms with van der Waals surface area (Å²) >= 11 is 0. The van der Waals surface area contributed by atoms with E-state index in [1.807, 2.05) is 19.1 Å². The summed E-state index contributed by atoms with van der Waals surface area (Å²) in [7, 11) is -1.70. The van der Waals surface area contributed by atoms with E-state index in [0.29, 0.717) is 5.69 Å². The van der Waals surface area contributed by atoms with Crippen LogP contribution in [0.15, 0.2) is 18.3 Å². The second-order valence-corrected chi connectivity index (χ2v) is 8.96. The molecule has 3 nitrogen and oxygen atoms in total. The molecule has 0 aliphatic carbocycles. The second kappa shape index (κ2) is 4.56. The average Bonchev–Trinajstić information content (AvgIpc) is 2.14. The third-order valence-corrected chi connectivity index (χ3v) is 2.73. The van der Waals surface area contributed by atoms with Crippen molar-refractivity contribution < 1.29 is 4.43 Å². The molecule has 0 radical (unpaired) electrons. The zero-order valence-electron chi connectivity index (χ0n) is 9.61. The van der Waals surface area contributed by atoms with Crippen LogP contribution >= 0.6 is 0 Å². The summed E-state index contributed by atoms with van der Waals surface area (Å²) in [5.74, 6) is 0. The molecule has 0 saturated heterocycles. The van der Waals surface area contributed by atoms with Gasteiger partial charge in [-0.05, 0) is 38.2 Å². The van der Waals surface area contributed by atoms with Gasteiger partial charge in [0.25, 0.3) is 0 Å². The van der Waals surface area contributed by atoms with Crippen LogP contribution in [-0.2, 0) is 4.43 Å². The van der Waals surface area contributed by atoms with Crippen LogP contribution in [0, 0.1) is 18.3 Å². The first-order valence-corrected chi connectivity index (χ1v) is 8.33. The molecule has 1 unspecified atom stereocenters. The molecule has 15 heavy (non-hydrogen) atoms. The van der Waals surface area contributed by atoms with E-state index in [-0.39, 0.29) is 0 Å². The lowest BCUT2D eigenvalue weighted by Gasteiger charge is -2.21. The summed E-state index contributed by atoms with van der Waals surface area (Å²) in [6.45, 7) is 8.15. The van der Waals surface area contributed by atoms with Gasteiger partial charge in [0.05, 0.1) is 11.8 Å². The first-order chi connectivity index (χ1) is 6.92. The van der Waals surface area contributed by atoms with Gasteiger partial charge in [-0.3, -0.25) is 4.98 Å². The Morgan fingerprint density at radius 2 is 2.07 bits per heavy atom. The number of hydrogen-bond acceptors (Lipinski definition) is 3. The van der Waals surface area contributed by atoms with Crippen LogP contribution in [0.1, 0.15) is 17.4 Å². The minimum absolute atomic E-state index is 0.530. The van der Waals surface area contributed by atoms with E-state index >= 15 is 0 Å². The highest BCUT2D eigenvalue weighted by Gasteiger charge is 2.22. The van der Waals surface area contributed by atoms with Gasteiger partial charge in [-0.1, -0.05) is 6.07 Å². The molecule has 0 saturated carbocycles. The predicted molar refractivity (Wildman–Crippen MR) is 61.8 cm³/mol. The highest BCUT2D eigenvalue weighted by atomic mass is 28.4. The summed E-state index contributed by atoms with van der Waals surface area (Å²) in [4.78, 5) is 4.21. The standard InChI is InChI=1S/C11H16N2OSi/c1-9-5-6-10(13-8-9)11(7-12)14-15(2,3)4/h5-6,8,11H,1-4H3. The van der Waals surface area contributed by atoms with Crippen LogP contribution in [0.2, 0.25) is 19.6 Å². The lowest BCUT2D eigenvalue weighted by atomic mass is 10.2. The molecule has 0 amide bonds. The summed E-state index contributed by atoms with van der Waals surface area (Å²) in [5.41, 5.74) is 1.79. The van der Waals surface area contributed by atoms with Crippen molar-refractivity contribution in [2.24, 2.45) is 0 Å². The lowest BCUT2D eigenvalue weighted by Crippen LogP contribution is -2.27. The molecule has 0 aliphatic heterocycles. The zero-order valence-corrected chi connectivity index (χ0v) is 10.6. The molecule has 0 aromatic carbocycles. The molecule has 1 heterocycles. The summed E-state index contributed by atoms with van der Waals surface area (Å²) in [5, 5.41) is 9.02. The number of nitrogens with zero attached hydrogens (tertiary/aromatic N) is 2. The number of pyridine rings is 1. The number of rotatable bonds is 3. The lowest BCUT2D eigenvalue weighted by molar-refractivity contribution is 0.250. The molecule has 0 spiro atoms. The number of aryl methyl sites for hydroxylation is 1. The van der Waals surface area contributed by atoms with Gasteiger partial charge in [0.1, 0.15) is 0 Å². The van der Waals surface area contributed by atoms with Crippen molar-refractivity contribution in [2.75, 3.05) is 0 Å². The molecule has 0 N–H and O–H groups in total. The molecule has 1 rings (SSSR count). The third-order valence-electron chi connectivity index (χ3n) is 1.79. The van der Waals surface area contributed by atoms with Gasteiger partial charge in [0.2, 0.25) is 0 Å². The van der Waals surface area contributed by atoms with Crippen molar-refractivity contribution >= 4 is 8.32 Å². The highest BCUT2D eigenvalue weighted by molar-refractivity contribution is 6.69. The van der Waals surface area contributed by atoms with Crippen LogP contribution in [0.25, 0.3) is 0 Å². The maximum Gasteiger partial charge on any atom is 0.186 e. The summed E-state index contributed by atoms with van der Waals surface area (Å²) in [6.07, 6.45) is 1.23. The predicted octanol–water partition coefficient (Wildman–Crippen LogP) is 2.81. The highest BCUT2D eigenvalue weighted by Crippen LogP contribution is 2.19. The topological polar surface area (TPSA) is 45.9 Å².